The number of hydrogen-bond donors (Lipinski definition) is 2. The van der Waals surface area contributed by atoms with E-state index in [-0.39, 0.29) is 23.5 Å². The van der Waals surface area contributed by atoms with Crippen LogP contribution < -0.4 is 10.6 Å². The highest BCUT2D eigenvalue weighted by Gasteiger charge is 2.22. The Hall–Kier alpha value is -0.570. The van der Waals surface area contributed by atoms with Crippen molar-refractivity contribution in [2.45, 2.75) is 78.4 Å². The van der Waals surface area contributed by atoms with Crippen molar-refractivity contribution >= 4 is 5.91 Å². The third-order valence-electron chi connectivity index (χ3n) is 2.99. The van der Waals surface area contributed by atoms with E-state index >= 15 is 0 Å². The third-order valence-corrected chi connectivity index (χ3v) is 2.99. The molecule has 0 bridgehead atoms. The molecule has 0 aromatic rings. The number of carbonyl (C=O) groups excluding carboxylic acids is 1. The number of carbonyl (C=O) groups is 1. The molecule has 0 heterocycles. The topological polar surface area (TPSA) is 41.1 Å². The predicted molar refractivity (Wildman–Crippen MR) is 69.5 cm³/mol. The molecule has 2 N–H and O–H groups in total. The van der Waals surface area contributed by atoms with E-state index in [0.29, 0.717) is 0 Å². The fraction of sp³-hybridized carbons (Fsp3) is 0.923. The number of rotatable bonds is 7. The van der Waals surface area contributed by atoms with Crippen LogP contribution in [-0.4, -0.2) is 23.5 Å². The maximum absolute atomic E-state index is 11.8. The molecule has 3 heteroatoms. The van der Waals surface area contributed by atoms with Gasteiger partial charge in [0, 0.05) is 11.6 Å². The van der Waals surface area contributed by atoms with Gasteiger partial charge in [-0.25, -0.2) is 0 Å². The van der Waals surface area contributed by atoms with Crippen molar-refractivity contribution in [2.75, 3.05) is 0 Å². The molecule has 16 heavy (non-hydrogen) atoms. The predicted octanol–water partition coefficient (Wildman–Crippen LogP) is 2.46. The van der Waals surface area contributed by atoms with E-state index in [1.807, 2.05) is 6.92 Å². The van der Waals surface area contributed by atoms with Gasteiger partial charge < -0.3 is 10.6 Å². The lowest BCUT2D eigenvalue weighted by Crippen LogP contribution is -2.52. The van der Waals surface area contributed by atoms with E-state index < -0.39 is 0 Å². The minimum absolute atomic E-state index is 0.0186. The summed E-state index contributed by atoms with van der Waals surface area (Å²) in [5.74, 6) is 0.0995. The molecule has 0 aliphatic rings. The number of nitrogens with one attached hydrogen (secondary N) is 2. The molecule has 2 unspecified atom stereocenters. The molecule has 2 atom stereocenters. The van der Waals surface area contributed by atoms with E-state index in [2.05, 4.69) is 45.3 Å². The molecular formula is C13H28N2O. The second kappa shape index (κ2) is 6.89. The van der Waals surface area contributed by atoms with Crippen molar-refractivity contribution in [3.8, 4) is 0 Å². The van der Waals surface area contributed by atoms with Gasteiger partial charge in [-0.15, -0.1) is 0 Å². The van der Waals surface area contributed by atoms with E-state index in [0.717, 1.165) is 19.3 Å². The smallest absolute Gasteiger partial charge is 0.237 e. The highest BCUT2D eigenvalue weighted by atomic mass is 16.2. The van der Waals surface area contributed by atoms with Gasteiger partial charge in [-0.05, 0) is 40.5 Å². The zero-order chi connectivity index (χ0) is 12.8. The van der Waals surface area contributed by atoms with Crippen molar-refractivity contribution in [1.82, 2.24) is 10.6 Å². The van der Waals surface area contributed by atoms with E-state index in [4.69, 9.17) is 0 Å². The summed E-state index contributed by atoms with van der Waals surface area (Å²) in [5, 5.41) is 6.37. The lowest BCUT2D eigenvalue weighted by Gasteiger charge is -2.29. The van der Waals surface area contributed by atoms with Gasteiger partial charge in [-0.1, -0.05) is 20.3 Å². The normalized spacial score (nSPS) is 15.6. The van der Waals surface area contributed by atoms with Gasteiger partial charge in [0.05, 0.1) is 6.04 Å². The Labute approximate surface area is 100 Å². The van der Waals surface area contributed by atoms with Gasteiger partial charge in [-0.3, -0.25) is 4.79 Å². The maximum atomic E-state index is 11.8. The molecule has 0 radical (unpaired) electrons. The highest BCUT2D eigenvalue weighted by Crippen LogP contribution is 2.08. The summed E-state index contributed by atoms with van der Waals surface area (Å²) in [7, 11) is 0. The Bertz CT molecular complexity index is 214. The molecule has 0 aliphatic heterocycles. The molecule has 3 nitrogen and oxygen atoms in total. The summed E-state index contributed by atoms with van der Waals surface area (Å²) >= 11 is 0. The molecule has 0 saturated carbocycles. The van der Waals surface area contributed by atoms with Crippen molar-refractivity contribution in [3.05, 3.63) is 0 Å². The average molecular weight is 228 g/mol. The Morgan fingerprint density at radius 1 is 1.25 bits per heavy atom. The average Bonchev–Trinajstić information content (AvgIpc) is 2.17. The fourth-order valence-electron chi connectivity index (χ4n) is 1.63. The van der Waals surface area contributed by atoms with Crippen LogP contribution in [0.5, 0.6) is 0 Å². The quantitative estimate of drug-likeness (QED) is 0.703. The Morgan fingerprint density at radius 3 is 2.25 bits per heavy atom. The Balaban J connectivity index is 4.09. The standard InChI is InChI=1S/C13H28N2O/c1-7-9-10(3)14-12(16)11(4)15-13(5,6)8-2/h10-11,15H,7-9H2,1-6H3,(H,14,16). The molecule has 0 fully saturated rings. The first-order valence-electron chi connectivity index (χ1n) is 6.40. The molecule has 0 aliphatic carbocycles. The SMILES string of the molecule is CCCC(C)NC(=O)C(C)NC(C)(C)CC. The van der Waals surface area contributed by atoms with Crippen molar-refractivity contribution in [1.29, 1.82) is 0 Å². The molecule has 0 spiro atoms. The van der Waals surface area contributed by atoms with E-state index in [1.54, 1.807) is 0 Å². The van der Waals surface area contributed by atoms with Crippen LogP contribution in [0.25, 0.3) is 0 Å². The summed E-state index contributed by atoms with van der Waals surface area (Å²) in [6, 6.07) is 0.140. The van der Waals surface area contributed by atoms with E-state index in [9.17, 15) is 4.79 Å². The van der Waals surface area contributed by atoms with Crippen molar-refractivity contribution < 1.29 is 4.79 Å². The van der Waals surface area contributed by atoms with E-state index in [1.165, 1.54) is 0 Å². The first-order valence-corrected chi connectivity index (χ1v) is 6.40. The first kappa shape index (κ1) is 15.4. The van der Waals surface area contributed by atoms with Gasteiger partial charge in [-0.2, -0.15) is 0 Å². The summed E-state index contributed by atoms with van der Waals surface area (Å²) in [6.07, 6.45) is 3.15. The van der Waals surface area contributed by atoms with Crippen molar-refractivity contribution in [2.24, 2.45) is 0 Å². The number of hydrogen-bond acceptors (Lipinski definition) is 2. The summed E-state index contributed by atoms with van der Waals surface area (Å²) in [4.78, 5) is 11.8. The Kier molecular flexibility index (Phi) is 6.65. The minimum Gasteiger partial charge on any atom is -0.352 e. The van der Waals surface area contributed by atoms with Crippen molar-refractivity contribution in [3.63, 3.8) is 0 Å². The lowest BCUT2D eigenvalue weighted by atomic mass is 10.0. The first-order chi connectivity index (χ1) is 7.32. The number of amides is 1. The summed E-state index contributed by atoms with van der Waals surface area (Å²) in [5.41, 5.74) is 0.0186. The van der Waals surface area contributed by atoms with Gasteiger partial charge in [0.25, 0.3) is 0 Å². The minimum atomic E-state index is -0.130. The molecule has 1 amide bonds. The lowest BCUT2D eigenvalue weighted by molar-refractivity contribution is -0.123. The molecule has 0 rings (SSSR count). The van der Waals surface area contributed by atoms with Gasteiger partial charge in [0.15, 0.2) is 0 Å². The van der Waals surface area contributed by atoms with Crippen LogP contribution >= 0.6 is 0 Å². The molecule has 0 saturated heterocycles. The Morgan fingerprint density at radius 2 is 1.81 bits per heavy atom. The molecule has 0 aromatic heterocycles. The van der Waals surface area contributed by atoms with Crippen LogP contribution in [0.2, 0.25) is 0 Å². The van der Waals surface area contributed by atoms with Crippen LogP contribution in [0.3, 0.4) is 0 Å². The van der Waals surface area contributed by atoms with Crippen LogP contribution in [0.1, 0.15) is 60.8 Å². The van der Waals surface area contributed by atoms with Gasteiger partial charge >= 0.3 is 0 Å². The largest absolute Gasteiger partial charge is 0.352 e. The molecular weight excluding hydrogens is 200 g/mol. The second-order valence-electron chi connectivity index (χ2n) is 5.30. The van der Waals surface area contributed by atoms with Crippen LogP contribution in [-0.2, 0) is 4.79 Å². The molecule has 0 aromatic carbocycles. The summed E-state index contributed by atoms with van der Waals surface area (Å²) < 4.78 is 0. The van der Waals surface area contributed by atoms with Crippen LogP contribution in [0, 0.1) is 0 Å². The van der Waals surface area contributed by atoms with Crippen LogP contribution in [0.4, 0.5) is 0 Å². The monoisotopic (exact) mass is 228 g/mol. The third kappa shape index (κ3) is 6.11. The highest BCUT2D eigenvalue weighted by molar-refractivity contribution is 5.81. The van der Waals surface area contributed by atoms with Gasteiger partial charge in [0.2, 0.25) is 5.91 Å². The fourth-order valence-corrected chi connectivity index (χ4v) is 1.63. The second-order valence-corrected chi connectivity index (χ2v) is 5.30. The van der Waals surface area contributed by atoms with Gasteiger partial charge in [0.1, 0.15) is 0 Å². The maximum Gasteiger partial charge on any atom is 0.237 e. The zero-order valence-corrected chi connectivity index (χ0v) is 11.7. The zero-order valence-electron chi connectivity index (χ0n) is 11.7. The van der Waals surface area contributed by atoms with Crippen LogP contribution in [0.15, 0.2) is 0 Å². The molecule has 96 valence electrons. The summed E-state index contributed by atoms with van der Waals surface area (Å²) in [6.45, 7) is 12.5.